The fraction of sp³-hybridized carbons (Fsp3) is 0.200. The van der Waals surface area contributed by atoms with E-state index < -0.39 is 0 Å². The smallest absolute Gasteiger partial charge is 0.186 e. The molecule has 3 aromatic carbocycles. The van der Waals surface area contributed by atoms with E-state index in [0.29, 0.717) is 12.4 Å². The number of aromatic hydroxyl groups is 1. The van der Waals surface area contributed by atoms with Gasteiger partial charge >= 0.3 is 0 Å². The fourth-order valence-electron chi connectivity index (χ4n) is 3.91. The van der Waals surface area contributed by atoms with Gasteiger partial charge in [0.1, 0.15) is 6.04 Å². The van der Waals surface area contributed by atoms with Crippen molar-refractivity contribution in [2.45, 2.75) is 26.1 Å². The van der Waals surface area contributed by atoms with Gasteiger partial charge in [-0.2, -0.15) is 0 Å². The van der Waals surface area contributed by atoms with E-state index in [4.69, 9.17) is 4.74 Å². The first kappa shape index (κ1) is 20.5. The third kappa shape index (κ3) is 4.23. The Balaban J connectivity index is 1.78. The van der Waals surface area contributed by atoms with Gasteiger partial charge in [-0.15, -0.1) is 0 Å². The molecule has 2 atom stereocenters. The van der Waals surface area contributed by atoms with Crippen LogP contribution in [0.4, 0.5) is 0 Å². The van der Waals surface area contributed by atoms with Crippen molar-refractivity contribution in [3.05, 3.63) is 99.5 Å². The molecule has 0 radical (unpaired) electrons. The molecule has 4 N–H and O–H groups in total. The van der Waals surface area contributed by atoms with Crippen molar-refractivity contribution < 1.29 is 15.2 Å². The van der Waals surface area contributed by atoms with E-state index in [-0.39, 0.29) is 18.0 Å². The maximum absolute atomic E-state index is 10.9. The Hall–Kier alpha value is -2.76. The van der Waals surface area contributed by atoms with Gasteiger partial charge in [0.05, 0.1) is 12.2 Å². The van der Waals surface area contributed by atoms with E-state index >= 15 is 0 Å². The standard InChI is InChI=1S/C25H25BrN2O2/c1-3-30-23-10-6-9-20(24(23)29)22-15-21(17-11-13-18(26)14-12-17)27-25(28-22)19-8-5-4-7-16(19)2/h4-15,22,25,27-29H,3H2,1-2H3/p+1. The van der Waals surface area contributed by atoms with Gasteiger partial charge in [0, 0.05) is 21.8 Å². The highest BCUT2D eigenvalue weighted by Gasteiger charge is 2.30. The lowest BCUT2D eigenvalue weighted by molar-refractivity contribution is -0.731. The van der Waals surface area contributed by atoms with Crippen molar-refractivity contribution in [3.8, 4) is 11.5 Å². The van der Waals surface area contributed by atoms with Crippen LogP contribution in [0.5, 0.6) is 11.5 Å². The van der Waals surface area contributed by atoms with Crippen LogP contribution in [0.1, 0.15) is 41.4 Å². The Morgan fingerprint density at radius 3 is 2.47 bits per heavy atom. The molecule has 2 unspecified atom stereocenters. The number of ether oxygens (including phenoxy) is 1. The summed E-state index contributed by atoms with van der Waals surface area (Å²) in [5.41, 5.74) is 5.45. The number of nitrogens with one attached hydrogen (secondary N) is 1. The molecule has 0 saturated heterocycles. The zero-order valence-electron chi connectivity index (χ0n) is 17.1. The van der Waals surface area contributed by atoms with Gasteiger partial charge in [0.2, 0.25) is 0 Å². The van der Waals surface area contributed by atoms with Gasteiger partial charge in [-0.25, -0.2) is 0 Å². The van der Waals surface area contributed by atoms with Gasteiger partial charge in [-0.05, 0) is 49.2 Å². The van der Waals surface area contributed by atoms with Crippen molar-refractivity contribution in [3.63, 3.8) is 0 Å². The van der Waals surface area contributed by atoms with E-state index in [1.165, 1.54) is 11.1 Å². The lowest BCUT2D eigenvalue weighted by Crippen LogP contribution is -2.90. The molecule has 3 aromatic rings. The third-order valence-corrected chi connectivity index (χ3v) is 5.95. The molecule has 1 aliphatic heterocycles. The van der Waals surface area contributed by atoms with Gasteiger partial charge in [0.25, 0.3) is 0 Å². The van der Waals surface area contributed by atoms with Crippen LogP contribution in [0.15, 0.2) is 77.3 Å². The number of nitrogens with two attached hydrogens (primary N) is 1. The fourth-order valence-corrected chi connectivity index (χ4v) is 4.17. The zero-order chi connectivity index (χ0) is 21.1. The second kappa shape index (κ2) is 8.94. The average molecular weight is 466 g/mol. The molecule has 0 aromatic heterocycles. The maximum Gasteiger partial charge on any atom is 0.186 e. The summed E-state index contributed by atoms with van der Waals surface area (Å²) in [5.74, 6) is 0.727. The van der Waals surface area contributed by atoms with Crippen LogP contribution in [-0.2, 0) is 0 Å². The molecule has 30 heavy (non-hydrogen) atoms. The second-order valence-electron chi connectivity index (χ2n) is 7.41. The number of halogens is 1. The topological polar surface area (TPSA) is 58.1 Å². The Morgan fingerprint density at radius 2 is 1.73 bits per heavy atom. The number of aryl methyl sites for hydroxylation is 1. The number of hydrogen-bond acceptors (Lipinski definition) is 3. The molecule has 0 aliphatic carbocycles. The molecule has 0 saturated carbocycles. The van der Waals surface area contributed by atoms with E-state index in [1.807, 2.05) is 37.3 Å². The highest BCUT2D eigenvalue weighted by atomic mass is 79.9. The van der Waals surface area contributed by atoms with Crippen LogP contribution in [0, 0.1) is 6.92 Å². The van der Waals surface area contributed by atoms with E-state index in [1.54, 1.807) is 0 Å². The van der Waals surface area contributed by atoms with E-state index in [2.05, 4.69) is 76.0 Å². The predicted octanol–water partition coefficient (Wildman–Crippen LogP) is 4.81. The Kier molecular flexibility index (Phi) is 6.11. The Morgan fingerprint density at radius 1 is 1.00 bits per heavy atom. The highest BCUT2D eigenvalue weighted by molar-refractivity contribution is 9.10. The molecule has 5 heteroatoms. The predicted molar refractivity (Wildman–Crippen MR) is 123 cm³/mol. The molecule has 1 aliphatic rings. The minimum atomic E-state index is -0.0603. The first-order valence-electron chi connectivity index (χ1n) is 10.2. The quantitative estimate of drug-likeness (QED) is 0.506. The molecular formula is C25H26BrN2O2+. The van der Waals surface area contributed by atoms with Crippen molar-refractivity contribution in [2.75, 3.05) is 6.61 Å². The van der Waals surface area contributed by atoms with Crippen LogP contribution < -0.4 is 15.4 Å². The van der Waals surface area contributed by atoms with Gasteiger partial charge in [-0.3, -0.25) is 0 Å². The maximum atomic E-state index is 10.9. The largest absolute Gasteiger partial charge is 0.504 e. The lowest BCUT2D eigenvalue weighted by atomic mass is 9.96. The summed E-state index contributed by atoms with van der Waals surface area (Å²) in [4.78, 5) is 0. The summed E-state index contributed by atoms with van der Waals surface area (Å²) in [6.07, 6.45) is 2.19. The number of quaternary nitrogens is 1. The minimum Gasteiger partial charge on any atom is -0.504 e. The van der Waals surface area contributed by atoms with E-state index in [0.717, 1.165) is 21.3 Å². The molecule has 154 valence electrons. The molecule has 0 amide bonds. The number of hydrogen-bond donors (Lipinski definition) is 3. The number of benzene rings is 3. The number of rotatable bonds is 5. The van der Waals surface area contributed by atoms with E-state index in [9.17, 15) is 5.11 Å². The molecular weight excluding hydrogens is 440 g/mol. The molecule has 1 heterocycles. The normalized spacial score (nSPS) is 18.4. The second-order valence-corrected chi connectivity index (χ2v) is 8.33. The summed E-state index contributed by atoms with van der Waals surface area (Å²) < 4.78 is 6.66. The summed E-state index contributed by atoms with van der Waals surface area (Å²) in [6.45, 7) is 4.56. The number of phenols is 1. The molecule has 0 fully saturated rings. The lowest BCUT2D eigenvalue weighted by Gasteiger charge is -2.31. The highest BCUT2D eigenvalue weighted by Crippen LogP contribution is 2.35. The number of para-hydroxylation sites is 1. The van der Waals surface area contributed by atoms with Crippen molar-refractivity contribution in [1.82, 2.24) is 5.32 Å². The first-order valence-corrected chi connectivity index (χ1v) is 11.0. The molecule has 4 nitrogen and oxygen atoms in total. The van der Waals surface area contributed by atoms with Crippen molar-refractivity contribution >= 4 is 21.6 Å². The van der Waals surface area contributed by atoms with Crippen LogP contribution in [0.2, 0.25) is 0 Å². The SMILES string of the molecule is CCOc1cccc(C2C=C(c3ccc(Br)cc3)NC(c3ccccc3C)[NH2+]2)c1O. The van der Waals surface area contributed by atoms with Crippen molar-refractivity contribution in [2.24, 2.45) is 0 Å². The van der Waals surface area contributed by atoms with Crippen LogP contribution in [-0.4, -0.2) is 11.7 Å². The first-order chi connectivity index (χ1) is 14.6. The third-order valence-electron chi connectivity index (χ3n) is 5.42. The summed E-state index contributed by atoms with van der Waals surface area (Å²) in [5, 5.41) is 16.8. The Labute approximate surface area is 185 Å². The summed E-state index contributed by atoms with van der Waals surface area (Å²) in [7, 11) is 0. The Bertz CT molecular complexity index is 1060. The average Bonchev–Trinajstić information content (AvgIpc) is 2.76. The molecule has 0 spiro atoms. The monoisotopic (exact) mass is 465 g/mol. The van der Waals surface area contributed by atoms with Gasteiger partial charge in [0.15, 0.2) is 17.7 Å². The summed E-state index contributed by atoms with van der Waals surface area (Å²) >= 11 is 3.52. The summed E-state index contributed by atoms with van der Waals surface area (Å²) in [6, 6.07) is 22.3. The minimum absolute atomic E-state index is 0.0231. The molecule has 4 rings (SSSR count). The zero-order valence-corrected chi connectivity index (χ0v) is 18.7. The van der Waals surface area contributed by atoms with Crippen LogP contribution in [0.3, 0.4) is 0 Å². The van der Waals surface area contributed by atoms with Crippen LogP contribution in [0.25, 0.3) is 5.70 Å². The van der Waals surface area contributed by atoms with Gasteiger partial charge < -0.3 is 20.5 Å². The molecule has 0 bridgehead atoms. The number of phenolic OH excluding ortho intramolecular Hbond substituents is 1. The van der Waals surface area contributed by atoms with Crippen LogP contribution >= 0.6 is 15.9 Å². The van der Waals surface area contributed by atoms with Gasteiger partial charge in [-0.1, -0.05) is 58.4 Å². The van der Waals surface area contributed by atoms with Crippen molar-refractivity contribution in [1.29, 1.82) is 0 Å².